The molecule has 5 heteroatoms. The van der Waals surface area contributed by atoms with Crippen LogP contribution in [0, 0.1) is 11.3 Å². The number of nitrogens with zero attached hydrogens (tertiary/aromatic N) is 3. The molecule has 1 aliphatic heterocycles. The molecule has 1 aromatic heterocycles. The highest BCUT2D eigenvalue weighted by Gasteiger charge is 2.32. The zero-order valence-electron chi connectivity index (χ0n) is 12.3. The van der Waals surface area contributed by atoms with Crippen molar-refractivity contribution in [3.05, 3.63) is 22.9 Å². The minimum absolute atomic E-state index is 0.235. The monoisotopic (exact) mass is 285 g/mol. The third kappa shape index (κ3) is 2.46. The minimum atomic E-state index is -0.317. The number of hydrogen-bond acceptors (Lipinski definition) is 5. The van der Waals surface area contributed by atoms with Gasteiger partial charge in [-0.1, -0.05) is 0 Å². The van der Waals surface area contributed by atoms with Gasteiger partial charge in [0, 0.05) is 12.2 Å². The summed E-state index contributed by atoms with van der Waals surface area (Å²) < 4.78 is 4.92. The average molecular weight is 285 g/mol. The van der Waals surface area contributed by atoms with E-state index in [1.165, 1.54) is 12.7 Å². The Kier molecular flexibility index (Phi) is 3.78. The molecule has 0 saturated carbocycles. The van der Waals surface area contributed by atoms with Gasteiger partial charge in [-0.2, -0.15) is 5.26 Å². The maximum absolute atomic E-state index is 12.0. The second kappa shape index (κ2) is 5.72. The van der Waals surface area contributed by atoms with Gasteiger partial charge in [-0.05, 0) is 50.2 Å². The molecule has 3 rings (SSSR count). The molecule has 0 amide bonds. The van der Waals surface area contributed by atoms with E-state index < -0.39 is 0 Å². The number of piperidine rings is 1. The maximum Gasteiger partial charge on any atom is 0.328 e. The number of carbonyl (C=O) groups is 1. The molecule has 0 aromatic carbocycles. The van der Waals surface area contributed by atoms with E-state index in [2.05, 4.69) is 6.07 Å². The summed E-state index contributed by atoms with van der Waals surface area (Å²) in [6.45, 7) is 0.750. The fourth-order valence-electron chi connectivity index (χ4n) is 3.33. The largest absolute Gasteiger partial charge is 0.467 e. The Morgan fingerprint density at radius 1 is 1.43 bits per heavy atom. The number of esters is 1. The molecule has 5 nitrogen and oxygen atoms in total. The van der Waals surface area contributed by atoms with Crippen LogP contribution in [0.2, 0.25) is 0 Å². The molecular weight excluding hydrogens is 266 g/mol. The molecule has 1 aliphatic carbocycles. The first-order valence-corrected chi connectivity index (χ1v) is 7.52. The fraction of sp³-hybridized carbons (Fsp3) is 0.562. The summed E-state index contributed by atoms with van der Waals surface area (Å²) >= 11 is 0. The molecule has 1 saturated heterocycles. The summed E-state index contributed by atoms with van der Waals surface area (Å²) in [6.07, 6.45) is 5.83. The van der Waals surface area contributed by atoms with Gasteiger partial charge < -0.3 is 9.64 Å². The van der Waals surface area contributed by atoms with Crippen LogP contribution in [0.3, 0.4) is 0 Å². The number of anilines is 1. The first-order chi connectivity index (χ1) is 10.2. The van der Waals surface area contributed by atoms with E-state index in [0.717, 1.165) is 50.8 Å². The molecule has 1 aromatic rings. The van der Waals surface area contributed by atoms with E-state index in [1.807, 2.05) is 11.0 Å². The highest BCUT2D eigenvalue weighted by molar-refractivity contribution is 5.80. The van der Waals surface area contributed by atoms with Crippen LogP contribution in [0.15, 0.2) is 6.07 Å². The SMILES string of the molecule is COC(=O)C1CCCCN1c1nc2c(cc1C#N)CCC2. The van der Waals surface area contributed by atoms with Gasteiger partial charge in [0.1, 0.15) is 17.9 Å². The number of aromatic nitrogens is 1. The molecule has 0 radical (unpaired) electrons. The standard InChI is InChI=1S/C16H19N3O2/c1-21-16(20)14-7-2-3-8-19(14)15-12(10-17)9-11-5-4-6-13(11)18-15/h9,14H,2-8H2,1H3. The third-order valence-corrected chi connectivity index (χ3v) is 4.40. The number of rotatable bonds is 2. The van der Waals surface area contributed by atoms with Gasteiger partial charge in [-0.25, -0.2) is 9.78 Å². The van der Waals surface area contributed by atoms with Gasteiger partial charge in [-0.3, -0.25) is 0 Å². The van der Waals surface area contributed by atoms with Gasteiger partial charge in [0.05, 0.1) is 12.7 Å². The topological polar surface area (TPSA) is 66.2 Å². The number of pyridine rings is 1. The second-order valence-electron chi connectivity index (χ2n) is 5.66. The van der Waals surface area contributed by atoms with Crippen LogP contribution in [0.1, 0.15) is 42.5 Å². The van der Waals surface area contributed by atoms with Crippen molar-refractivity contribution >= 4 is 11.8 Å². The van der Waals surface area contributed by atoms with Gasteiger partial charge in [-0.15, -0.1) is 0 Å². The molecule has 21 heavy (non-hydrogen) atoms. The molecule has 0 N–H and O–H groups in total. The van der Waals surface area contributed by atoms with Gasteiger partial charge in [0.2, 0.25) is 0 Å². The van der Waals surface area contributed by atoms with Crippen molar-refractivity contribution in [1.29, 1.82) is 5.26 Å². The second-order valence-corrected chi connectivity index (χ2v) is 5.66. The predicted octanol–water partition coefficient (Wildman–Crippen LogP) is 1.97. The lowest BCUT2D eigenvalue weighted by atomic mass is 10.0. The minimum Gasteiger partial charge on any atom is -0.467 e. The van der Waals surface area contributed by atoms with Crippen LogP contribution in [-0.2, 0) is 22.4 Å². The maximum atomic E-state index is 12.0. The summed E-state index contributed by atoms with van der Waals surface area (Å²) in [7, 11) is 1.41. The predicted molar refractivity (Wildman–Crippen MR) is 78.0 cm³/mol. The normalized spacial score (nSPS) is 20.8. The van der Waals surface area contributed by atoms with E-state index in [4.69, 9.17) is 9.72 Å². The zero-order chi connectivity index (χ0) is 14.8. The van der Waals surface area contributed by atoms with Crippen LogP contribution >= 0.6 is 0 Å². The third-order valence-electron chi connectivity index (χ3n) is 4.40. The lowest BCUT2D eigenvalue weighted by Crippen LogP contribution is -2.46. The Morgan fingerprint density at radius 3 is 3.05 bits per heavy atom. The lowest BCUT2D eigenvalue weighted by molar-refractivity contribution is -0.142. The quantitative estimate of drug-likeness (QED) is 0.777. The number of hydrogen-bond donors (Lipinski definition) is 0. The van der Waals surface area contributed by atoms with Crippen molar-refractivity contribution < 1.29 is 9.53 Å². The van der Waals surface area contributed by atoms with E-state index in [9.17, 15) is 10.1 Å². The van der Waals surface area contributed by atoms with Crippen LogP contribution < -0.4 is 4.90 Å². The Balaban J connectivity index is 2.01. The van der Waals surface area contributed by atoms with Crippen molar-refractivity contribution in [2.45, 2.75) is 44.6 Å². The molecule has 110 valence electrons. The summed E-state index contributed by atoms with van der Waals surface area (Å²) in [4.78, 5) is 18.7. The van der Waals surface area contributed by atoms with Crippen LogP contribution in [0.5, 0.6) is 0 Å². The van der Waals surface area contributed by atoms with Crippen molar-refractivity contribution in [3.8, 4) is 6.07 Å². The average Bonchev–Trinajstić information content (AvgIpc) is 3.00. The number of carbonyl (C=O) groups excluding carboxylic acids is 1. The Bertz CT molecular complexity index is 606. The number of aryl methyl sites for hydroxylation is 2. The van der Waals surface area contributed by atoms with E-state index in [0.29, 0.717) is 11.4 Å². The van der Waals surface area contributed by atoms with E-state index in [-0.39, 0.29) is 12.0 Å². The summed E-state index contributed by atoms with van der Waals surface area (Å²) in [6, 6.07) is 3.88. The van der Waals surface area contributed by atoms with Gasteiger partial charge >= 0.3 is 5.97 Å². The zero-order valence-corrected chi connectivity index (χ0v) is 12.3. The Labute approximate surface area is 124 Å². The molecule has 0 bridgehead atoms. The molecule has 2 heterocycles. The number of fused-ring (bicyclic) bond motifs is 1. The van der Waals surface area contributed by atoms with Crippen molar-refractivity contribution in [2.24, 2.45) is 0 Å². The fourth-order valence-corrected chi connectivity index (χ4v) is 3.33. The van der Waals surface area contributed by atoms with Crippen LogP contribution in [0.4, 0.5) is 5.82 Å². The Morgan fingerprint density at radius 2 is 2.29 bits per heavy atom. The van der Waals surface area contributed by atoms with Crippen molar-refractivity contribution in [1.82, 2.24) is 4.98 Å². The van der Waals surface area contributed by atoms with Crippen LogP contribution in [-0.4, -0.2) is 30.6 Å². The summed E-state index contributed by atoms with van der Waals surface area (Å²) in [5.74, 6) is 0.425. The van der Waals surface area contributed by atoms with Gasteiger partial charge in [0.25, 0.3) is 0 Å². The van der Waals surface area contributed by atoms with E-state index in [1.54, 1.807) is 0 Å². The first-order valence-electron chi connectivity index (χ1n) is 7.52. The number of methoxy groups -OCH3 is 1. The van der Waals surface area contributed by atoms with Gasteiger partial charge in [0.15, 0.2) is 0 Å². The summed E-state index contributed by atoms with van der Waals surface area (Å²) in [5.41, 5.74) is 2.84. The number of ether oxygens (including phenoxy) is 1. The molecule has 0 spiro atoms. The molecule has 1 unspecified atom stereocenters. The molecule has 2 aliphatic rings. The van der Waals surface area contributed by atoms with E-state index >= 15 is 0 Å². The van der Waals surface area contributed by atoms with Crippen molar-refractivity contribution in [2.75, 3.05) is 18.6 Å². The highest BCUT2D eigenvalue weighted by atomic mass is 16.5. The number of nitriles is 1. The first kappa shape index (κ1) is 13.9. The molecular formula is C16H19N3O2. The molecule has 1 fully saturated rings. The Hall–Kier alpha value is -2.09. The summed E-state index contributed by atoms with van der Waals surface area (Å²) in [5, 5.41) is 9.43. The molecule has 1 atom stereocenters. The highest BCUT2D eigenvalue weighted by Crippen LogP contribution is 2.31. The lowest BCUT2D eigenvalue weighted by Gasteiger charge is -2.35. The van der Waals surface area contributed by atoms with Crippen LogP contribution in [0.25, 0.3) is 0 Å². The van der Waals surface area contributed by atoms with Crippen molar-refractivity contribution in [3.63, 3.8) is 0 Å². The smallest absolute Gasteiger partial charge is 0.328 e.